The largest absolute Gasteiger partial charge is 0.385 e. The summed E-state index contributed by atoms with van der Waals surface area (Å²) in [5.41, 5.74) is 1.80. The zero-order valence-corrected chi connectivity index (χ0v) is 11.6. The van der Waals surface area contributed by atoms with E-state index in [1.54, 1.807) is 6.92 Å². The SMILES string of the molecule is CC(O)c1nc(-c2ccccc2)nc(-c2ccccc2)n1. The molecule has 0 bridgehead atoms. The number of aliphatic hydroxyl groups excluding tert-OH is 1. The lowest BCUT2D eigenvalue weighted by Crippen LogP contribution is -2.05. The van der Waals surface area contributed by atoms with Gasteiger partial charge in [-0.15, -0.1) is 0 Å². The van der Waals surface area contributed by atoms with Crippen LogP contribution >= 0.6 is 0 Å². The minimum Gasteiger partial charge on any atom is -0.385 e. The molecule has 0 fully saturated rings. The van der Waals surface area contributed by atoms with E-state index in [2.05, 4.69) is 15.0 Å². The first kappa shape index (κ1) is 13.4. The summed E-state index contributed by atoms with van der Waals surface area (Å²) in [6.45, 7) is 1.65. The normalized spacial score (nSPS) is 12.1. The van der Waals surface area contributed by atoms with E-state index in [1.807, 2.05) is 60.7 Å². The first-order chi connectivity index (χ1) is 10.2. The fourth-order valence-corrected chi connectivity index (χ4v) is 2.01. The fraction of sp³-hybridized carbons (Fsp3) is 0.118. The standard InChI is InChI=1S/C17H15N3O/c1-12(21)15-18-16(13-8-4-2-5-9-13)20-17(19-15)14-10-6-3-7-11-14/h2-12,21H,1H3. The lowest BCUT2D eigenvalue weighted by atomic mass is 10.2. The molecule has 0 aliphatic carbocycles. The maximum Gasteiger partial charge on any atom is 0.163 e. The molecule has 0 aliphatic rings. The molecule has 1 N–H and O–H groups in total. The van der Waals surface area contributed by atoms with Gasteiger partial charge < -0.3 is 5.11 Å². The minimum atomic E-state index is -0.738. The van der Waals surface area contributed by atoms with Crippen molar-refractivity contribution in [2.75, 3.05) is 0 Å². The van der Waals surface area contributed by atoms with Crippen LogP contribution in [-0.4, -0.2) is 20.1 Å². The van der Waals surface area contributed by atoms with E-state index in [0.717, 1.165) is 11.1 Å². The molecule has 0 saturated heterocycles. The molecule has 0 saturated carbocycles. The van der Waals surface area contributed by atoms with E-state index in [9.17, 15) is 5.11 Å². The van der Waals surface area contributed by atoms with Crippen molar-refractivity contribution in [1.82, 2.24) is 15.0 Å². The van der Waals surface area contributed by atoms with Crippen LogP contribution in [0.3, 0.4) is 0 Å². The van der Waals surface area contributed by atoms with Gasteiger partial charge in [-0.3, -0.25) is 0 Å². The number of aromatic nitrogens is 3. The number of hydrogen-bond acceptors (Lipinski definition) is 4. The summed E-state index contributed by atoms with van der Waals surface area (Å²) in [6.07, 6.45) is -0.738. The number of rotatable bonds is 3. The summed E-state index contributed by atoms with van der Waals surface area (Å²) in [5.74, 6) is 1.52. The lowest BCUT2D eigenvalue weighted by Gasteiger charge is -2.09. The van der Waals surface area contributed by atoms with E-state index in [0.29, 0.717) is 17.5 Å². The maximum absolute atomic E-state index is 9.81. The van der Waals surface area contributed by atoms with E-state index < -0.39 is 6.10 Å². The van der Waals surface area contributed by atoms with E-state index >= 15 is 0 Å². The lowest BCUT2D eigenvalue weighted by molar-refractivity contribution is 0.189. The van der Waals surface area contributed by atoms with Crippen molar-refractivity contribution in [1.29, 1.82) is 0 Å². The molecule has 0 radical (unpaired) electrons. The molecule has 21 heavy (non-hydrogen) atoms. The molecule has 3 aromatic rings. The highest BCUT2D eigenvalue weighted by molar-refractivity contribution is 5.60. The zero-order chi connectivity index (χ0) is 14.7. The van der Waals surface area contributed by atoms with Crippen LogP contribution < -0.4 is 0 Å². The van der Waals surface area contributed by atoms with E-state index in [4.69, 9.17) is 0 Å². The molecule has 1 atom stereocenters. The van der Waals surface area contributed by atoms with Crippen molar-refractivity contribution in [2.45, 2.75) is 13.0 Å². The summed E-state index contributed by atoms with van der Waals surface area (Å²) in [7, 11) is 0. The third-order valence-corrected chi connectivity index (χ3v) is 3.09. The van der Waals surface area contributed by atoms with E-state index in [1.165, 1.54) is 0 Å². The molecular weight excluding hydrogens is 262 g/mol. The maximum atomic E-state index is 9.81. The Hall–Kier alpha value is -2.59. The van der Waals surface area contributed by atoms with Gasteiger partial charge in [-0.1, -0.05) is 60.7 Å². The third kappa shape index (κ3) is 2.95. The molecule has 1 aromatic heterocycles. The first-order valence-corrected chi connectivity index (χ1v) is 6.79. The Bertz CT molecular complexity index is 670. The van der Waals surface area contributed by atoms with E-state index in [-0.39, 0.29) is 0 Å². The van der Waals surface area contributed by atoms with Crippen LogP contribution in [0.2, 0.25) is 0 Å². The van der Waals surface area contributed by atoms with Crippen LogP contribution in [-0.2, 0) is 0 Å². The van der Waals surface area contributed by atoms with Crippen LogP contribution in [0.5, 0.6) is 0 Å². The molecule has 4 nitrogen and oxygen atoms in total. The third-order valence-electron chi connectivity index (χ3n) is 3.09. The predicted molar refractivity (Wildman–Crippen MR) is 81.3 cm³/mol. The number of hydrogen-bond donors (Lipinski definition) is 1. The van der Waals surface area contributed by atoms with Crippen molar-refractivity contribution in [3.8, 4) is 22.8 Å². The average Bonchev–Trinajstić information content (AvgIpc) is 2.56. The van der Waals surface area contributed by atoms with Gasteiger partial charge in [0.05, 0.1) is 0 Å². The van der Waals surface area contributed by atoms with Crippen molar-refractivity contribution in [3.05, 3.63) is 66.5 Å². The Morgan fingerprint density at radius 2 is 1.14 bits per heavy atom. The molecule has 1 unspecified atom stereocenters. The van der Waals surface area contributed by atoms with Gasteiger partial charge in [0, 0.05) is 11.1 Å². The number of benzene rings is 2. The van der Waals surface area contributed by atoms with Crippen LogP contribution in [0.4, 0.5) is 0 Å². The van der Waals surface area contributed by atoms with Gasteiger partial charge in [0.25, 0.3) is 0 Å². The van der Waals surface area contributed by atoms with Crippen molar-refractivity contribution < 1.29 is 5.11 Å². The van der Waals surface area contributed by atoms with Crippen LogP contribution in [0.1, 0.15) is 18.9 Å². The Morgan fingerprint density at radius 3 is 1.52 bits per heavy atom. The molecular formula is C17H15N3O. The molecule has 0 spiro atoms. The molecule has 1 heterocycles. The van der Waals surface area contributed by atoms with Crippen LogP contribution in [0.25, 0.3) is 22.8 Å². The van der Waals surface area contributed by atoms with Gasteiger partial charge >= 0.3 is 0 Å². The average molecular weight is 277 g/mol. The highest BCUT2D eigenvalue weighted by atomic mass is 16.3. The Kier molecular flexibility index (Phi) is 3.71. The van der Waals surface area contributed by atoms with Crippen molar-refractivity contribution in [2.24, 2.45) is 0 Å². The summed E-state index contributed by atoms with van der Waals surface area (Å²) >= 11 is 0. The quantitative estimate of drug-likeness (QED) is 0.798. The summed E-state index contributed by atoms with van der Waals surface area (Å²) in [6, 6.07) is 19.4. The smallest absolute Gasteiger partial charge is 0.163 e. The Balaban J connectivity index is 2.16. The molecule has 4 heteroatoms. The second-order valence-corrected chi connectivity index (χ2v) is 4.75. The van der Waals surface area contributed by atoms with Crippen molar-refractivity contribution >= 4 is 0 Å². The van der Waals surface area contributed by atoms with Crippen LogP contribution in [0, 0.1) is 0 Å². The topological polar surface area (TPSA) is 58.9 Å². The minimum absolute atomic E-state index is 0.378. The Labute approximate surface area is 123 Å². The predicted octanol–water partition coefficient (Wildman–Crippen LogP) is 3.26. The van der Waals surface area contributed by atoms with Crippen molar-refractivity contribution in [3.63, 3.8) is 0 Å². The molecule has 104 valence electrons. The summed E-state index contributed by atoms with van der Waals surface area (Å²) < 4.78 is 0. The second kappa shape index (κ2) is 5.81. The Morgan fingerprint density at radius 1 is 0.714 bits per heavy atom. The number of aliphatic hydroxyl groups is 1. The zero-order valence-electron chi connectivity index (χ0n) is 11.6. The summed E-state index contributed by atoms with van der Waals surface area (Å²) in [5, 5.41) is 9.81. The molecule has 0 aliphatic heterocycles. The van der Waals surface area contributed by atoms with Gasteiger partial charge in [0.2, 0.25) is 0 Å². The highest BCUT2D eigenvalue weighted by Gasteiger charge is 2.12. The van der Waals surface area contributed by atoms with Gasteiger partial charge in [-0.2, -0.15) is 0 Å². The second-order valence-electron chi connectivity index (χ2n) is 4.75. The summed E-state index contributed by atoms with van der Waals surface area (Å²) in [4.78, 5) is 13.2. The van der Waals surface area contributed by atoms with Crippen LogP contribution in [0.15, 0.2) is 60.7 Å². The van der Waals surface area contributed by atoms with Gasteiger partial charge in [0.15, 0.2) is 17.5 Å². The van der Waals surface area contributed by atoms with Gasteiger partial charge in [-0.25, -0.2) is 15.0 Å². The monoisotopic (exact) mass is 277 g/mol. The van der Waals surface area contributed by atoms with Gasteiger partial charge in [-0.05, 0) is 6.92 Å². The first-order valence-electron chi connectivity index (χ1n) is 6.79. The van der Waals surface area contributed by atoms with Gasteiger partial charge in [0.1, 0.15) is 6.10 Å². The molecule has 2 aromatic carbocycles. The molecule has 3 rings (SSSR count). The number of nitrogens with zero attached hydrogens (tertiary/aromatic N) is 3. The molecule has 0 amide bonds. The highest BCUT2D eigenvalue weighted by Crippen LogP contribution is 2.21. The fourth-order valence-electron chi connectivity index (χ4n) is 2.01.